The number of benzene rings is 12. The molecule has 2 aliphatic rings. The lowest BCUT2D eigenvalue weighted by atomic mass is 9.67. The maximum atomic E-state index is 2.49. The zero-order valence-corrected chi connectivity index (χ0v) is 42.5. The van der Waals surface area contributed by atoms with E-state index in [9.17, 15) is 0 Å². The Balaban J connectivity index is 0.937. The van der Waals surface area contributed by atoms with Gasteiger partial charge >= 0.3 is 0 Å². The SMILES string of the molecule is CC1(C)c2ccc(N(c3ccc(-c4ccc5ccc(-c6ccccc6)cc5c4)cc3)c3cccc(C4(c5ccccc5)c5ccccc5-c5ccccc54)c3)cc2-c2c1ccc1c2c2ccccc2n1-c1ccccc1. The van der Waals surface area contributed by atoms with Crippen molar-refractivity contribution in [3.63, 3.8) is 0 Å². The summed E-state index contributed by atoms with van der Waals surface area (Å²) in [5.74, 6) is 0. The highest BCUT2D eigenvalue weighted by molar-refractivity contribution is 6.18. The monoisotopic (exact) mass is 968 g/mol. The zero-order chi connectivity index (χ0) is 50.5. The molecule has 0 amide bonds. The minimum Gasteiger partial charge on any atom is -0.310 e. The third-order valence-electron chi connectivity index (χ3n) is 16.8. The van der Waals surface area contributed by atoms with Crippen LogP contribution in [0.1, 0.15) is 47.2 Å². The summed E-state index contributed by atoms with van der Waals surface area (Å²) < 4.78 is 2.44. The molecule has 1 aromatic heterocycles. The fourth-order valence-corrected chi connectivity index (χ4v) is 13.4. The summed E-state index contributed by atoms with van der Waals surface area (Å²) in [6, 6.07) is 104. The first-order chi connectivity index (χ1) is 37.4. The molecule has 2 heteroatoms. The van der Waals surface area contributed by atoms with Crippen molar-refractivity contribution in [3.8, 4) is 50.2 Å². The number of aromatic nitrogens is 1. The fraction of sp³-hybridized carbons (Fsp3) is 0.0541. The molecule has 0 aliphatic heterocycles. The Kier molecular flexibility index (Phi) is 9.86. The van der Waals surface area contributed by atoms with E-state index in [0.29, 0.717) is 0 Å². The van der Waals surface area contributed by atoms with Crippen LogP contribution in [0.25, 0.3) is 82.8 Å². The topological polar surface area (TPSA) is 8.17 Å². The van der Waals surface area contributed by atoms with E-state index in [0.717, 1.165) is 22.7 Å². The van der Waals surface area contributed by atoms with Crippen molar-refractivity contribution in [2.24, 2.45) is 0 Å². The van der Waals surface area contributed by atoms with Crippen LogP contribution in [0.4, 0.5) is 17.1 Å². The first-order valence-electron chi connectivity index (χ1n) is 26.6. The molecular formula is C74H52N2. The molecule has 0 radical (unpaired) electrons. The van der Waals surface area contributed by atoms with Gasteiger partial charge in [0.15, 0.2) is 0 Å². The number of rotatable bonds is 8. The van der Waals surface area contributed by atoms with Gasteiger partial charge in [-0.05, 0) is 161 Å². The molecule has 0 spiro atoms. The van der Waals surface area contributed by atoms with E-state index in [4.69, 9.17) is 0 Å². The molecular weight excluding hydrogens is 917 g/mol. The normalized spacial score (nSPS) is 13.6. The van der Waals surface area contributed by atoms with E-state index in [1.54, 1.807) is 0 Å². The van der Waals surface area contributed by atoms with Crippen molar-refractivity contribution in [2.45, 2.75) is 24.7 Å². The summed E-state index contributed by atoms with van der Waals surface area (Å²) in [6.45, 7) is 4.80. The summed E-state index contributed by atoms with van der Waals surface area (Å²) in [6.07, 6.45) is 0. The molecule has 0 unspecified atom stereocenters. The van der Waals surface area contributed by atoms with Crippen LogP contribution in [0.15, 0.2) is 279 Å². The quantitative estimate of drug-likeness (QED) is 0.147. The Morgan fingerprint density at radius 1 is 0.329 bits per heavy atom. The molecule has 12 aromatic carbocycles. The molecule has 0 fully saturated rings. The highest BCUT2D eigenvalue weighted by atomic mass is 15.1. The van der Waals surface area contributed by atoms with E-state index in [1.165, 1.54) is 110 Å². The van der Waals surface area contributed by atoms with E-state index in [1.807, 2.05) is 0 Å². The van der Waals surface area contributed by atoms with Crippen molar-refractivity contribution in [1.29, 1.82) is 0 Å². The molecule has 358 valence electrons. The summed E-state index contributed by atoms with van der Waals surface area (Å²) in [5.41, 5.74) is 23.9. The maximum absolute atomic E-state index is 2.49. The van der Waals surface area contributed by atoms with Gasteiger partial charge < -0.3 is 9.47 Å². The standard InChI is InChI=1S/C74H52N2/c1-73(2)65-42-41-60(48-64(65)71-68(73)43-44-70-72(71)63-29-14-17-32-69(63)76(70)57-24-10-5-11-25-57)75(58-39-37-50(38-40-58)53-36-34-51-33-35-52(45-54(51)46-53)49-19-6-3-7-20-49)59-26-18-23-56(47-59)74(55-21-8-4-9-22-55)66-30-15-12-27-61(66)62-28-13-16-31-67(62)74/h3-48H,1-2H3. The van der Waals surface area contributed by atoms with Crippen molar-refractivity contribution >= 4 is 49.6 Å². The van der Waals surface area contributed by atoms with Gasteiger partial charge in [0.05, 0.1) is 16.4 Å². The second kappa shape index (κ2) is 17.0. The number of anilines is 3. The predicted octanol–water partition coefficient (Wildman–Crippen LogP) is 19.4. The van der Waals surface area contributed by atoms with Crippen LogP contribution in [0, 0.1) is 0 Å². The highest BCUT2D eigenvalue weighted by Crippen LogP contribution is 2.58. The van der Waals surface area contributed by atoms with E-state index in [-0.39, 0.29) is 5.41 Å². The fourth-order valence-electron chi connectivity index (χ4n) is 13.4. The van der Waals surface area contributed by atoms with Gasteiger partial charge in [-0.15, -0.1) is 0 Å². The molecule has 0 saturated heterocycles. The Labute approximate surface area is 444 Å². The van der Waals surface area contributed by atoms with Crippen LogP contribution < -0.4 is 4.90 Å². The average Bonchev–Trinajstić information content (AvgIpc) is 4.23. The lowest BCUT2D eigenvalue weighted by Crippen LogP contribution is -2.28. The van der Waals surface area contributed by atoms with Crippen molar-refractivity contribution in [3.05, 3.63) is 312 Å². The molecule has 2 aliphatic carbocycles. The van der Waals surface area contributed by atoms with Crippen LogP contribution in [0.2, 0.25) is 0 Å². The Hall–Kier alpha value is -9.50. The van der Waals surface area contributed by atoms with E-state index < -0.39 is 5.41 Å². The zero-order valence-electron chi connectivity index (χ0n) is 42.5. The van der Waals surface area contributed by atoms with Gasteiger partial charge in [0.1, 0.15) is 0 Å². The first-order valence-corrected chi connectivity index (χ1v) is 26.6. The van der Waals surface area contributed by atoms with Crippen molar-refractivity contribution in [2.75, 3.05) is 4.90 Å². The van der Waals surface area contributed by atoms with Gasteiger partial charge in [0.25, 0.3) is 0 Å². The van der Waals surface area contributed by atoms with Crippen LogP contribution >= 0.6 is 0 Å². The summed E-state index contributed by atoms with van der Waals surface area (Å²) in [7, 11) is 0. The molecule has 2 nitrogen and oxygen atoms in total. The average molecular weight is 969 g/mol. The second-order valence-electron chi connectivity index (χ2n) is 21.2. The number of hydrogen-bond acceptors (Lipinski definition) is 1. The molecule has 0 saturated carbocycles. The van der Waals surface area contributed by atoms with Gasteiger partial charge in [-0.2, -0.15) is 0 Å². The van der Waals surface area contributed by atoms with Crippen LogP contribution in [0.3, 0.4) is 0 Å². The molecule has 13 aromatic rings. The molecule has 0 atom stereocenters. The van der Waals surface area contributed by atoms with Gasteiger partial charge in [0, 0.05) is 38.9 Å². The number of nitrogens with zero attached hydrogens (tertiary/aromatic N) is 2. The van der Waals surface area contributed by atoms with Crippen LogP contribution in [-0.4, -0.2) is 4.57 Å². The van der Waals surface area contributed by atoms with Gasteiger partial charge in [-0.3, -0.25) is 0 Å². The second-order valence-corrected chi connectivity index (χ2v) is 21.2. The summed E-state index contributed by atoms with van der Waals surface area (Å²) >= 11 is 0. The highest BCUT2D eigenvalue weighted by Gasteiger charge is 2.46. The lowest BCUT2D eigenvalue weighted by molar-refractivity contribution is 0.661. The van der Waals surface area contributed by atoms with Crippen molar-refractivity contribution in [1.82, 2.24) is 4.57 Å². The summed E-state index contributed by atoms with van der Waals surface area (Å²) in [5, 5.41) is 5.02. The minimum absolute atomic E-state index is 0.216. The molecule has 0 N–H and O–H groups in total. The van der Waals surface area contributed by atoms with Gasteiger partial charge in [-0.1, -0.05) is 220 Å². The Bertz CT molecular complexity index is 4370. The Morgan fingerprint density at radius 2 is 0.882 bits per heavy atom. The summed E-state index contributed by atoms with van der Waals surface area (Å²) in [4.78, 5) is 2.49. The third kappa shape index (κ3) is 6.53. The first kappa shape index (κ1) is 44.0. The molecule has 1 heterocycles. The number of fused-ring (bicyclic) bond motifs is 11. The smallest absolute Gasteiger partial charge is 0.0714 e. The molecule has 15 rings (SSSR count). The van der Waals surface area contributed by atoms with Gasteiger partial charge in [-0.25, -0.2) is 0 Å². The van der Waals surface area contributed by atoms with Crippen LogP contribution in [-0.2, 0) is 10.8 Å². The number of para-hydroxylation sites is 2. The molecule has 76 heavy (non-hydrogen) atoms. The maximum Gasteiger partial charge on any atom is 0.0714 e. The third-order valence-corrected chi connectivity index (χ3v) is 16.8. The predicted molar refractivity (Wildman–Crippen MR) is 319 cm³/mol. The lowest BCUT2D eigenvalue weighted by Gasteiger charge is -2.35. The minimum atomic E-state index is -0.546. The van der Waals surface area contributed by atoms with Crippen molar-refractivity contribution < 1.29 is 0 Å². The van der Waals surface area contributed by atoms with Crippen LogP contribution in [0.5, 0.6) is 0 Å². The largest absolute Gasteiger partial charge is 0.310 e. The van der Waals surface area contributed by atoms with Gasteiger partial charge in [0.2, 0.25) is 0 Å². The Morgan fingerprint density at radius 3 is 1.59 bits per heavy atom. The molecule has 0 bridgehead atoms. The van der Waals surface area contributed by atoms with E-state index >= 15 is 0 Å². The van der Waals surface area contributed by atoms with E-state index in [2.05, 4.69) is 302 Å². The number of hydrogen-bond donors (Lipinski definition) is 0.